The monoisotopic (exact) mass is 344 g/mol. The quantitative estimate of drug-likeness (QED) is 0.913. The summed E-state index contributed by atoms with van der Waals surface area (Å²) < 4.78 is 39.2. The van der Waals surface area contributed by atoms with Crippen molar-refractivity contribution in [2.24, 2.45) is 5.92 Å². The predicted octanol–water partition coefficient (Wildman–Crippen LogP) is 3.44. The summed E-state index contributed by atoms with van der Waals surface area (Å²) in [5, 5.41) is 6.68. The fourth-order valence-corrected chi connectivity index (χ4v) is 3.37. The lowest BCUT2D eigenvalue weighted by atomic mass is 9.80. The molecular formula is C16H23F3N4O. The van der Waals surface area contributed by atoms with Gasteiger partial charge in [0.25, 0.3) is 0 Å². The van der Waals surface area contributed by atoms with E-state index in [4.69, 9.17) is 0 Å². The second-order valence-electron chi connectivity index (χ2n) is 6.83. The summed E-state index contributed by atoms with van der Waals surface area (Å²) in [4.78, 5) is 14.0. The van der Waals surface area contributed by atoms with Crippen molar-refractivity contribution in [3.8, 4) is 0 Å². The van der Waals surface area contributed by atoms with E-state index in [2.05, 4.69) is 10.4 Å². The average molecular weight is 344 g/mol. The Kier molecular flexibility index (Phi) is 4.73. The van der Waals surface area contributed by atoms with E-state index in [0.717, 1.165) is 6.07 Å². The van der Waals surface area contributed by atoms with Crippen molar-refractivity contribution < 1.29 is 18.0 Å². The number of rotatable bonds is 3. The highest BCUT2D eigenvalue weighted by atomic mass is 19.4. The normalized spacial score (nSPS) is 21.4. The van der Waals surface area contributed by atoms with Gasteiger partial charge in [0.2, 0.25) is 0 Å². The Labute approximate surface area is 139 Å². The van der Waals surface area contributed by atoms with Crippen LogP contribution in [0.5, 0.6) is 0 Å². The van der Waals surface area contributed by atoms with Crippen LogP contribution in [0, 0.1) is 5.92 Å². The summed E-state index contributed by atoms with van der Waals surface area (Å²) in [5.74, 6) is 0.580. The Balaban J connectivity index is 1.50. The van der Waals surface area contributed by atoms with Crippen molar-refractivity contribution in [2.75, 3.05) is 13.1 Å². The molecule has 2 amide bonds. The molecule has 0 spiro atoms. The molecule has 1 aromatic rings. The summed E-state index contributed by atoms with van der Waals surface area (Å²) in [6.07, 6.45) is 1.77. The SMILES string of the molecule is CC(NC(=O)N1CCC(n2ccc(C(F)(F)F)n2)CC1)C1CCC1. The first kappa shape index (κ1) is 17.1. The summed E-state index contributed by atoms with van der Waals surface area (Å²) in [6, 6.07) is 1.03. The summed E-state index contributed by atoms with van der Waals surface area (Å²) >= 11 is 0. The first-order valence-corrected chi connectivity index (χ1v) is 8.52. The van der Waals surface area contributed by atoms with Crippen LogP contribution in [0.25, 0.3) is 0 Å². The van der Waals surface area contributed by atoms with Gasteiger partial charge >= 0.3 is 12.2 Å². The van der Waals surface area contributed by atoms with Crippen LogP contribution in [-0.4, -0.2) is 39.8 Å². The molecule has 3 rings (SSSR count). The minimum atomic E-state index is -4.41. The summed E-state index contributed by atoms with van der Waals surface area (Å²) in [5.41, 5.74) is -0.864. The van der Waals surface area contributed by atoms with Crippen molar-refractivity contribution in [3.05, 3.63) is 18.0 Å². The van der Waals surface area contributed by atoms with Crippen LogP contribution in [-0.2, 0) is 6.18 Å². The number of hydrogen-bond acceptors (Lipinski definition) is 2. The third kappa shape index (κ3) is 3.67. The van der Waals surface area contributed by atoms with E-state index in [0.29, 0.717) is 31.8 Å². The number of carbonyl (C=O) groups is 1. The van der Waals surface area contributed by atoms with Crippen LogP contribution < -0.4 is 5.32 Å². The van der Waals surface area contributed by atoms with Crippen molar-refractivity contribution in [1.29, 1.82) is 0 Å². The number of halogens is 3. The number of nitrogens with zero attached hydrogens (tertiary/aromatic N) is 3. The number of piperidine rings is 1. The van der Waals surface area contributed by atoms with Crippen molar-refractivity contribution >= 4 is 6.03 Å². The van der Waals surface area contributed by atoms with E-state index in [1.165, 1.54) is 30.1 Å². The van der Waals surface area contributed by atoms with Crippen LogP contribution in [0.15, 0.2) is 12.3 Å². The van der Waals surface area contributed by atoms with Crippen molar-refractivity contribution in [1.82, 2.24) is 20.0 Å². The third-order valence-corrected chi connectivity index (χ3v) is 5.23. The number of amides is 2. The van der Waals surface area contributed by atoms with Gasteiger partial charge < -0.3 is 10.2 Å². The molecule has 1 aromatic heterocycles. The molecule has 1 saturated carbocycles. The van der Waals surface area contributed by atoms with Gasteiger partial charge in [-0.05, 0) is 44.6 Å². The molecule has 134 valence electrons. The molecule has 24 heavy (non-hydrogen) atoms. The molecule has 1 unspecified atom stereocenters. The van der Waals surface area contributed by atoms with E-state index < -0.39 is 11.9 Å². The van der Waals surface area contributed by atoms with Crippen LogP contribution in [0.4, 0.5) is 18.0 Å². The van der Waals surface area contributed by atoms with E-state index >= 15 is 0 Å². The topological polar surface area (TPSA) is 50.2 Å². The van der Waals surface area contributed by atoms with Gasteiger partial charge in [0.05, 0.1) is 6.04 Å². The highest BCUT2D eigenvalue weighted by Gasteiger charge is 2.35. The lowest BCUT2D eigenvalue weighted by Gasteiger charge is -2.36. The van der Waals surface area contributed by atoms with Gasteiger partial charge in [-0.1, -0.05) is 6.42 Å². The number of nitrogens with one attached hydrogen (secondary N) is 1. The lowest BCUT2D eigenvalue weighted by molar-refractivity contribution is -0.141. The van der Waals surface area contributed by atoms with Gasteiger partial charge in [-0.15, -0.1) is 0 Å². The standard InChI is InChI=1S/C16H23F3N4O/c1-11(12-3-2-4-12)20-15(24)22-8-5-13(6-9-22)23-10-7-14(21-23)16(17,18)19/h7,10-13H,2-6,8-9H2,1H3,(H,20,24). The second-order valence-corrected chi connectivity index (χ2v) is 6.83. The minimum Gasteiger partial charge on any atom is -0.335 e. The Morgan fingerprint density at radius 2 is 1.96 bits per heavy atom. The van der Waals surface area contributed by atoms with Gasteiger partial charge in [-0.25, -0.2) is 4.79 Å². The van der Waals surface area contributed by atoms with E-state index in [9.17, 15) is 18.0 Å². The first-order valence-electron chi connectivity index (χ1n) is 8.52. The second kappa shape index (κ2) is 6.64. The largest absolute Gasteiger partial charge is 0.435 e. The minimum absolute atomic E-state index is 0.0655. The molecule has 0 bridgehead atoms. The number of alkyl halides is 3. The molecular weight excluding hydrogens is 321 g/mol. The zero-order valence-corrected chi connectivity index (χ0v) is 13.7. The Morgan fingerprint density at radius 1 is 1.29 bits per heavy atom. The molecule has 8 heteroatoms. The van der Waals surface area contributed by atoms with Gasteiger partial charge in [0.1, 0.15) is 0 Å². The highest BCUT2D eigenvalue weighted by Crippen LogP contribution is 2.31. The van der Waals surface area contributed by atoms with E-state index in [-0.39, 0.29) is 18.1 Å². The van der Waals surface area contributed by atoms with Crippen molar-refractivity contribution in [2.45, 2.75) is 57.3 Å². The summed E-state index contributed by atoms with van der Waals surface area (Å²) in [7, 11) is 0. The summed E-state index contributed by atoms with van der Waals surface area (Å²) in [6.45, 7) is 3.11. The Hall–Kier alpha value is -1.73. The molecule has 0 aromatic carbocycles. The Morgan fingerprint density at radius 3 is 2.46 bits per heavy atom. The smallest absolute Gasteiger partial charge is 0.335 e. The first-order chi connectivity index (χ1) is 11.3. The predicted molar refractivity (Wildman–Crippen MR) is 82.4 cm³/mol. The number of hydrogen-bond donors (Lipinski definition) is 1. The third-order valence-electron chi connectivity index (χ3n) is 5.23. The molecule has 1 atom stereocenters. The van der Waals surface area contributed by atoms with Crippen LogP contribution in [0.2, 0.25) is 0 Å². The van der Waals surface area contributed by atoms with Crippen molar-refractivity contribution in [3.63, 3.8) is 0 Å². The molecule has 1 aliphatic carbocycles. The maximum atomic E-state index is 12.6. The number of urea groups is 1. The maximum Gasteiger partial charge on any atom is 0.435 e. The van der Waals surface area contributed by atoms with Crippen LogP contribution >= 0.6 is 0 Å². The fraction of sp³-hybridized carbons (Fsp3) is 0.750. The van der Waals surface area contributed by atoms with Crippen LogP contribution in [0.3, 0.4) is 0 Å². The van der Waals surface area contributed by atoms with E-state index in [1.54, 1.807) is 4.90 Å². The molecule has 1 N–H and O–H groups in total. The highest BCUT2D eigenvalue weighted by molar-refractivity contribution is 5.74. The van der Waals surface area contributed by atoms with Gasteiger partial charge in [0.15, 0.2) is 5.69 Å². The van der Waals surface area contributed by atoms with E-state index in [1.807, 2.05) is 6.92 Å². The Bertz CT molecular complexity index is 574. The average Bonchev–Trinajstić information content (AvgIpc) is 2.95. The molecule has 2 heterocycles. The zero-order valence-electron chi connectivity index (χ0n) is 13.7. The fourth-order valence-electron chi connectivity index (χ4n) is 3.37. The molecule has 2 aliphatic rings. The molecule has 0 radical (unpaired) electrons. The number of likely N-dealkylation sites (tertiary alicyclic amines) is 1. The molecule has 1 saturated heterocycles. The van der Waals surface area contributed by atoms with Crippen LogP contribution in [0.1, 0.15) is 50.8 Å². The zero-order chi connectivity index (χ0) is 17.3. The maximum absolute atomic E-state index is 12.6. The number of carbonyl (C=O) groups excluding carboxylic acids is 1. The molecule has 2 fully saturated rings. The molecule has 5 nitrogen and oxygen atoms in total. The van der Waals surface area contributed by atoms with Gasteiger partial charge in [-0.3, -0.25) is 4.68 Å². The lowest BCUT2D eigenvalue weighted by Crippen LogP contribution is -2.50. The molecule has 1 aliphatic heterocycles. The number of aromatic nitrogens is 2. The van der Waals surface area contributed by atoms with Gasteiger partial charge in [0, 0.05) is 25.3 Å². The van der Waals surface area contributed by atoms with Gasteiger partial charge in [-0.2, -0.15) is 18.3 Å².